The van der Waals surface area contributed by atoms with E-state index in [2.05, 4.69) is 21.1 Å². The van der Waals surface area contributed by atoms with Crippen LogP contribution in [0, 0.1) is 0 Å². The summed E-state index contributed by atoms with van der Waals surface area (Å²) in [6.07, 6.45) is 0. The maximum atomic E-state index is 9.10. The smallest absolute Gasteiger partial charge is 0.414 e. The van der Waals surface area contributed by atoms with E-state index in [0.29, 0.717) is 0 Å². The van der Waals surface area contributed by atoms with Crippen molar-refractivity contribution in [3.63, 3.8) is 0 Å². The third kappa shape index (κ3) is 32.0. The molecule has 0 aliphatic rings. The Kier molecular flexibility index (Phi) is 17.7. The fraction of sp³-hybridized carbons (Fsp3) is 0.714. The first-order valence-electron chi connectivity index (χ1n) is 3.58. The van der Waals surface area contributed by atoms with Crippen molar-refractivity contribution in [3.05, 3.63) is 0 Å². The van der Waals surface area contributed by atoms with Crippen LogP contribution in [0.2, 0.25) is 0 Å². The summed E-state index contributed by atoms with van der Waals surface area (Å²) in [5, 5.41) is 23.2. The quantitative estimate of drug-likeness (QED) is 0.333. The summed E-state index contributed by atoms with van der Waals surface area (Å²) in [6, 6.07) is 0. The second kappa shape index (κ2) is 11.2. The highest BCUT2D eigenvalue weighted by Crippen LogP contribution is 1.84. The van der Waals surface area contributed by atoms with Gasteiger partial charge in [0.05, 0.1) is 27.7 Å². The largest absolute Gasteiger partial charge is 1.00 e. The van der Waals surface area contributed by atoms with E-state index in [9.17, 15) is 0 Å². The van der Waals surface area contributed by atoms with Crippen molar-refractivity contribution >= 4 is 11.9 Å². The molecule has 0 unspecified atom stereocenters. The van der Waals surface area contributed by atoms with Crippen molar-refractivity contribution in [1.82, 2.24) is 0 Å². The van der Waals surface area contributed by atoms with Crippen LogP contribution in [0.5, 0.6) is 0 Å². The molecule has 0 saturated heterocycles. The van der Waals surface area contributed by atoms with Gasteiger partial charge in [-0.15, -0.1) is 0 Å². The van der Waals surface area contributed by atoms with Crippen molar-refractivity contribution in [2.45, 2.75) is 0 Å². The average Bonchev–Trinajstić information content (AvgIpc) is 1.85. The molecule has 8 heteroatoms. The Labute approximate surface area is 94.2 Å². The minimum atomic E-state index is -1.82. The Hall–Kier alpha value is -0.890. The predicted molar refractivity (Wildman–Crippen MR) is 48.9 cm³/mol. The second-order valence-corrected chi connectivity index (χ2v) is 3.35. The highest BCUT2D eigenvalue weighted by Gasteiger charge is 2.04. The molecule has 7 nitrogen and oxygen atoms in total. The summed E-state index contributed by atoms with van der Waals surface area (Å²) in [5.74, 6) is -3.65. The Balaban J connectivity index is -0.0000000718. The van der Waals surface area contributed by atoms with Gasteiger partial charge in [-0.2, -0.15) is 0 Å². The van der Waals surface area contributed by atoms with Crippen LogP contribution in [-0.2, 0) is 9.59 Å². The number of likely N-dealkylation sites (N-methyl/N-ethyl adjacent to an activating group) is 1. The van der Waals surface area contributed by atoms with E-state index in [1.54, 1.807) is 0 Å². The Morgan fingerprint density at radius 3 is 1.33 bits per heavy atom. The summed E-state index contributed by atoms with van der Waals surface area (Å²) in [4.78, 5) is 18.2. The number of carbonyl (C=O) groups is 2. The van der Waals surface area contributed by atoms with Crippen LogP contribution >= 0.6 is 0 Å². The monoisotopic (exact) mass is 247 g/mol. The summed E-state index contributed by atoms with van der Waals surface area (Å²) >= 11 is 0. The minimum Gasteiger partial charge on any atom is -1.00 e. The lowest BCUT2D eigenvalue weighted by Crippen LogP contribution is -3.00. The molecule has 0 radical (unpaired) electrons. The molecule has 15 heavy (non-hydrogen) atoms. The lowest BCUT2D eigenvalue weighted by molar-refractivity contribution is -0.870. The number of aliphatic carboxylic acids is 2. The van der Waals surface area contributed by atoms with Crippen LogP contribution in [0.15, 0.2) is 0 Å². The van der Waals surface area contributed by atoms with E-state index >= 15 is 0 Å². The first kappa shape index (κ1) is 23.7. The molecule has 0 fully saturated rings. The fourth-order valence-corrected chi connectivity index (χ4v) is 0.300. The minimum absolute atomic E-state index is 0. The first-order chi connectivity index (χ1) is 5.70. The highest BCUT2D eigenvalue weighted by molar-refractivity contribution is 6.27. The van der Waals surface area contributed by atoms with Gasteiger partial charge < -0.3 is 37.7 Å². The van der Waals surface area contributed by atoms with Crippen molar-refractivity contribution in [3.8, 4) is 0 Å². The van der Waals surface area contributed by atoms with Crippen molar-refractivity contribution in [2.75, 3.05) is 34.3 Å². The van der Waals surface area contributed by atoms with Gasteiger partial charge in [0.25, 0.3) is 0 Å². The number of carboxylic acid groups (broad SMARTS) is 2. The number of quaternary nitrogens is 1. The molecule has 0 aliphatic carbocycles. The Morgan fingerprint density at radius 2 is 1.33 bits per heavy atom. The number of hydrogen-bond donors (Lipinski definition) is 3. The summed E-state index contributed by atoms with van der Waals surface area (Å²) in [7, 11) is 6.16. The lowest BCUT2D eigenvalue weighted by Gasteiger charge is -2.21. The number of aliphatic hydroxyl groups is 1. The molecule has 0 bridgehead atoms. The second-order valence-electron chi connectivity index (χ2n) is 3.35. The zero-order valence-corrected chi connectivity index (χ0v) is 9.65. The third-order valence-corrected chi connectivity index (χ3v) is 0.954. The number of nitrogens with zero attached hydrogens (tertiary/aromatic N) is 1. The molecule has 0 aromatic carbocycles. The van der Waals surface area contributed by atoms with E-state index in [1.807, 2.05) is 0 Å². The van der Waals surface area contributed by atoms with Gasteiger partial charge in [-0.25, -0.2) is 9.59 Å². The zero-order chi connectivity index (χ0) is 11.1. The molecule has 94 valence electrons. The molecule has 0 aromatic rings. The Bertz CT molecular complexity index is 167. The van der Waals surface area contributed by atoms with Crippen LogP contribution < -0.4 is 12.4 Å². The van der Waals surface area contributed by atoms with Crippen LogP contribution in [0.4, 0.5) is 0 Å². The fourth-order valence-electron chi connectivity index (χ4n) is 0.300. The van der Waals surface area contributed by atoms with Gasteiger partial charge >= 0.3 is 11.9 Å². The first-order valence-corrected chi connectivity index (χ1v) is 3.58. The molecule has 0 aromatic heterocycles. The molecule has 0 saturated carbocycles. The van der Waals surface area contributed by atoms with Gasteiger partial charge in [0.15, 0.2) is 0 Å². The van der Waals surface area contributed by atoms with Gasteiger partial charge in [-0.1, -0.05) is 0 Å². The van der Waals surface area contributed by atoms with Gasteiger partial charge in [0, 0.05) is 0 Å². The predicted octanol–water partition coefficient (Wildman–Crippen LogP) is -4.98. The standard InChI is InChI=1S/C5H14NO.C2H2O4.ClH.H2O/c1-6(2,3)4-5-7;3-1(4)2(5)6;;/h7H,4-5H2,1-3H3;(H,3,4)(H,5,6);1H;1H2/q+1;;;/p-1. The zero-order valence-electron chi connectivity index (χ0n) is 8.90. The van der Waals surface area contributed by atoms with Crippen LogP contribution in [-0.4, -0.2) is 71.5 Å². The van der Waals surface area contributed by atoms with Gasteiger partial charge in [0.1, 0.15) is 6.54 Å². The van der Waals surface area contributed by atoms with Crippen molar-refractivity contribution in [2.24, 2.45) is 0 Å². The van der Waals surface area contributed by atoms with E-state index in [-0.39, 0.29) is 24.5 Å². The van der Waals surface area contributed by atoms with E-state index in [4.69, 9.17) is 24.9 Å². The lowest BCUT2D eigenvalue weighted by atomic mass is 10.5. The molecule has 0 spiro atoms. The Morgan fingerprint density at radius 1 is 1.07 bits per heavy atom. The molecule has 0 amide bonds. The normalized spacial score (nSPS) is 8.53. The van der Waals surface area contributed by atoms with Crippen LogP contribution in [0.1, 0.15) is 0 Å². The van der Waals surface area contributed by atoms with Crippen molar-refractivity contribution < 1.29 is 47.3 Å². The van der Waals surface area contributed by atoms with Crippen molar-refractivity contribution in [1.29, 1.82) is 0 Å². The number of hydrogen-bond acceptors (Lipinski definition) is 3. The summed E-state index contributed by atoms with van der Waals surface area (Å²) < 4.78 is 0.844. The molecular weight excluding hydrogens is 230 g/mol. The summed E-state index contributed by atoms with van der Waals surface area (Å²) in [6.45, 7) is 1.11. The molecule has 0 atom stereocenters. The SMILES string of the molecule is C[N+](C)(C)CCO.O.O=C(O)C(=O)O.[Cl-]. The highest BCUT2D eigenvalue weighted by atomic mass is 35.5. The molecule has 0 heterocycles. The topological polar surface area (TPSA) is 126 Å². The van der Waals surface area contributed by atoms with E-state index < -0.39 is 11.9 Å². The van der Waals surface area contributed by atoms with Gasteiger partial charge in [-0.3, -0.25) is 0 Å². The van der Waals surface area contributed by atoms with Crippen LogP contribution in [0.3, 0.4) is 0 Å². The molecular formula is C7H18ClNO6. The van der Waals surface area contributed by atoms with Gasteiger partial charge in [0.2, 0.25) is 0 Å². The average molecular weight is 248 g/mol. The van der Waals surface area contributed by atoms with E-state index in [0.717, 1.165) is 11.0 Å². The third-order valence-electron chi connectivity index (χ3n) is 0.954. The maximum Gasteiger partial charge on any atom is 0.414 e. The number of carboxylic acids is 2. The number of aliphatic hydroxyl groups excluding tert-OH is 1. The summed E-state index contributed by atoms with van der Waals surface area (Å²) in [5.41, 5.74) is 0. The molecule has 5 N–H and O–H groups in total. The maximum absolute atomic E-state index is 9.10. The number of halogens is 1. The van der Waals surface area contributed by atoms with Crippen LogP contribution in [0.25, 0.3) is 0 Å². The number of rotatable bonds is 2. The van der Waals surface area contributed by atoms with E-state index in [1.165, 1.54) is 0 Å². The van der Waals surface area contributed by atoms with Gasteiger partial charge in [-0.05, 0) is 0 Å². The molecule has 0 aliphatic heterocycles. The molecule has 0 rings (SSSR count).